The topological polar surface area (TPSA) is 81.8 Å². The van der Waals surface area contributed by atoms with Crippen molar-refractivity contribution in [3.05, 3.63) is 65.7 Å². The van der Waals surface area contributed by atoms with Gasteiger partial charge in [-0.25, -0.2) is 13.2 Å². The normalized spacial score (nSPS) is 15.6. The molecular weight excluding hydrogens is 424 g/mol. The summed E-state index contributed by atoms with van der Waals surface area (Å²) in [6, 6.07) is 17.1. The maximum absolute atomic E-state index is 12.6. The molecule has 1 fully saturated rings. The number of likely N-dealkylation sites (tertiary alicyclic amines) is 1. The molecule has 0 unspecified atom stereocenters. The second-order valence-corrected chi connectivity index (χ2v) is 10.0. The van der Waals surface area contributed by atoms with Crippen molar-refractivity contribution in [3.63, 3.8) is 0 Å². The molecule has 1 saturated heterocycles. The summed E-state index contributed by atoms with van der Waals surface area (Å²) in [5.74, 6) is 0. The zero-order chi connectivity index (χ0) is 23.0. The van der Waals surface area contributed by atoms with Crippen LogP contribution in [0.15, 0.2) is 59.5 Å². The Balaban J connectivity index is 1.41. The lowest BCUT2D eigenvalue weighted by molar-refractivity contribution is 0.186. The minimum absolute atomic E-state index is 0.170. The number of urea groups is 1. The molecule has 0 spiro atoms. The Hall–Kier alpha value is -2.42. The highest BCUT2D eigenvalue weighted by Crippen LogP contribution is 2.16. The first-order valence-corrected chi connectivity index (χ1v) is 12.8. The minimum Gasteiger partial charge on any atom is -0.335 e. The Labute approximate surface area is 191 Å². The van der Waals surface area contributed by atoms with E-state index in [0.29, 0.717) is 19.6 Å². The predicted molar refractivity (Wildman–Crippen MR) is 127 cm³/mol. The van der Waals surface area contributed by atoms with Gasteiger partial charge in [-0.3, -0.25) is 4.90 Å². The van der Waals surface area contributed by atoms with Crippen LogP contribution in [0.3, 0.4) is 0 Å². The van der Waals surface area contributed by atoms with E-state index in [1.54, 1.807) is 24.3 Å². The maximum atomic E-state index is 12.6. The van der Waals surface area contributed by atoms with Crippen molar-refractivity contribution < 1.29 is 13.2 Å². The van der Waals surface area contributed by atoms with Crippen molar-refractivity contribution in [1.82, 2.24) is 19.8 Å². The maximum Gasteiger partial charge on any atom is 0.315 e. The highest BCUT2D eigenvalue weighted by molar-refractivity contribution is 7.89. The second kappa shape index (κ2) is 11.4. The molecule has 8 heteroatoms. The first-order valence-electron chi connectivity index (χ1n) is 11.3. The molecule has 0 aromatic heterocycles. The van der Waals surface area contributed by atoms with Gasteiger partial charge < -0.3 is 10.6 Å². The van der Waals surface area contributed by atoms with E-state index >= 15 is 0 Å². The fourth-order valence-electron chi connectivity index (χ4n) is 3.99. The molecule has 2 aromatic carbocycles. The van der Waals surface area contributed by atoms with Crippen molar-refractivity contribution in [2.24, 2.45) is 0 Å². The van der Waals surface area contributed by atoms with E-state index in [0.717, 1.165) is 38.0 Å². The molecule has 32 heavy (non-hydrogen) atoms. The number of piperidine rings is 1. The van der Waals surface area contributed by atoms with E-state index < -0.39 is 10.0 Å². The van der Waals surface area contributed by atoms with Crippen LogP contribution in [0.5, 0.6) is 0 Å². The average Bonchev–Trinajstić information content (AvgIpc) is 2.80. The van der Waals surface area contributed by atoms with Crippen molar-refractivity contribution >= 4 is 16.1 Å². The number of hydrogen-bond donors (Lipinski definition) is 2. The van der Waals surface area contributed by atoms with Gasteiger partial charge in [0.15, 0.2) is 0 Å². The van der Waals surface area contributed by atoms with Crippen LogP contribution in [0, 0.1) is 0 Å². The number of sulfonamides is 1. The largest absolute Gasteiger partial charge is 0.335 e. The molecule has 0 saturated carbocycles. The summed E-state index contributed by atoms with van der Waals surface area (Å²) in [5, 5.41) is 5.94. The van der Waals surface area contributed by atoms with E-state index in [9.17, 15) is 13.2 Å². The van der Waals surface area contributed by atoms with Crippen molar-refractivity contribution in [1.29, 1.82) is 0 Å². The van der Waals surface area contributed by atoms with Gasteiger partial charge in [0.1, 0.15) is 0 Å². The van der Waals surface area contributed by atoms with E-state index in [4.69, 9.17) is 0 Å². The van der Waals surface area contributed by atoms with E-state index in [2.05, 4.69) is 39.8 Å². The third-order valence-electron chi connectivity index (χ3n) is 5.89. The van der Waals surface area contributed by atoms with Gasteiger partial charge >= 0.3 is 6.03 Å². The number of nitrogens with zero attached hydrogens (tertiary/aromatic N) is 2. The summed E-state index contributed by atoms with van der Waals surface area (Å²) >= 11 is 0. The Bertz CT molecular complexity index is 952. The fourth-order valence-corrected chi connectivity index (χ4v) is 5.45. The van der Waals surface area contributed by atoms with E-state index in [1.165, 1.54) is 9.87 Å². The van der Waals surface area contributed by atoms with Crippen LogP contribution in [0.25, 0.3) is 0 Å². The molecule has 0 atom stereocenters. The summed E-state index contributed by atoms with van der Waals surface area (Å²) < 4.78 is 26.6. The third-order valence-corrected chi connectivity index (χ3v) is 7.96. The Morgan fingerprint density at radius 3 is 2.19 bits per heavy atom. The minimum atomic E-state index is -3.46. The lowest BCUT2D eigenvalue weighted by Gasteiger charge is -2.32. The molecule has 2 amide bonds. The summed E-state index contributed by atoms with van der Waals surface area (Å²) in [5.41, 5.74) is 2.17. The van der Waals surface area contributed by atoms with Gasteiger partial charge in [-0.05, 0) is 36.1 Å². The summed E-state index contributed by atoms with van der Waals surface area (Å²) in [6.45, 7) is 7.74. The molecule has 1 aliphatic heterocycles. The van der Waals surface area contributed by atoms with Crippen LogP contribution >= 0.6 is 0 Å². The Morgan fingerprint density at radius 1 is 0.969 bits per heavy atom. The van der Waals surface area contributed by atoms with Gasteiger partial charge in [0.25, 0.3) is 0 Å². The number of nitrogens with one attached hydrogen (secondary N) is 2. The Kier molecular flexibility index (Phi) is 8.67. The van der Waals surface area contributed by atoms with Gasteiger partial charge in [-0.15, -0.1) is 0 Å². The van der Waals surface area contributed by atoms with Gasteiger partial charge in [0.05, 0.1) is 4.90 Å². The molecule has 3 rings (SSSR count). The van der Waals surface area contributed by atoms with Crippen molar-refractivity contribution in [2.75, 3.05) is 26.2 Å². The first-order chi connectivity index (χ1) is 15.4. The molecule has 1 aliphatic rings. The zero-order valence-corrected chi connectivity index (χ0v) is 19.8. The molecule has 0 aliphatic carbocycles. The lowest BCUT2D eigenvalue weighted by atomic mass is 10.0. The molecule has 0 radical (unpaired) electrons. The predicted octanol–water partition coefficient (Wildman–Crippen LogP) is 3.18. The lowest BCUT2D eigenvalue weighted by Crippen LogP contribution is -2.47. The van der Waals surface area contributed by atoms with Crippen LogP contribution in [-0.2, 0) is 23.1 Å². The number of carbonyl (C=O) groups is 1. The molecule has 1 heterocycles. The van der Waals surface area contributed by atoms with Gasteiger partial charge in [-0.1, -0.05) is 56.3 Å². The highest BCUT2D eigenvalue weighted by atomic mass is 32.2. The van der Waals surface area contributed by atoms with E-state index in [-0.39, 0.29) is 17.0 Å². The first kappa shape index (κ1) is 24.2. The van der Waals surface area contributed by atoms with Gasteiger partial charge in [0, 0.05) is 45.3 Å². The second-order valence-electron chi connectivity index (χ2n) is 8.10. The number of amides is 2. The van der Waals surface area contributed by atoms with E-state index in [1.807, 2.05) is 19.9 Å². The third kappa shape index (κ3) is 6.54. The average molecular weight is 459 g/mol. The van der Waals surface area contributed by atoms with Crippen LogP contribution in [0.2, 0.25) is 0 Å². The molecular formula is C24H34N4O3S. The molecule has 2 N–H and O–H groups in total. The number of carbonyl (C=O) groups excluding carboxylic acids is 1. The summed E-state index contributed by atoms with van der Waals surface area (Å²) in [6.07, 6.45) is 1.86. The number of benzene rings is 2. The highest BCUT2D eigenvalue weighted by Gasteiger charge is 2.22. The SMILES string of the molecule is CCN(CC)S(=O)(=O)c1ccc(CNC(=O)NC2CCN(Cc3ccccc3)CC2)cc1. The number of rotatable bonds is 9. The summed E-state index contributed by atoms with van der Waals surface area (Å²) in [4.78, 5) is 15.0. The van der Waals surface area contributed by atoms with Crippen LogP contribution in [0.1, 0.15) is 37.8 Å². The van der Waals surface area contributed by atoms with Crippen LogP contribution < -0.4 is 10.6 Å². The Morgan fingerprint density at radius 2 is 1.59 bits per heavy atom. The molecule has 0 bridgehead atoms. The van der Waals surface area contributed by atoms with Gasteiger partial charge in [-0.2, -0.15) is 4.31 Å². The number of hydrogen-bond acceptors (Lipinski definition) is 4. The van der Waals surface area contributed by atoms with Crippen molar-refractivity contribution in [3.8, 4) is 0 Å². The quantitative estimate of drug-likeness (QED) is 0.605. The molecule has 2 aromatic rings. The molecule has 7 nitrogen and oxygen atoms in total. The van der Waals surface area contributed by atoms with Crippen molar-refractivity contribution in [2.45, 2.75) is 50.7 Å². The monoisotopic (exact) mass is 458 g/mol. The van der Waals surface area contributed by atoms with Gasteiger partial charge in [0.2, 0.25) is 10.0 Å². The molecule has 174 valence electrons. The zero-order valence-electron chi connectivity index (χ0n) is 19.0. The van der Waals surface area contributed by atoms with Crippen LogP contribution in [-0.4, -0.2) is 55.9 Å². The van der Waals surface area contributed by atoms with Crippen LogP contribution in [0.4, 0.5) is 4.79 Å². The smallest absolute Gasteiger partial charge is 0.315 e. The summed E-state index contributed by atoms with van der Waals surface area (Å²) in [7, 11) is -3.46. The fraction of sp³-hybridized carbons (Fsp3) is 0.458. The standard InChI is InChI=1S/C24H34N4O3S/c1-3-28(4-2)32(30,31)23-12-10-20(11-13-23)18-25-24(29)26-22-14-16-27(17-15-22)19-21-8-6-5-7-9-21/h5-13,22H,3-4,14-19H2,1-2H3,(H2,25,26,29).